The Hall–Kier alpha value is -0.570. The molecule has 0 bridgehead atoms. The molecule has 0 amide bonds. The van der Waals surface area contributed by atoms with Crippen LogP contribution in [0.1, 0.15) is 11.3 Å². The minimum atomic E-state index is 0.606. The maximum atomic E-state index is 5.93. The second-order valence-electron chi connectivity index (χ2n) is 3.23. The molecule has 2 rings (SSSR count). The lowest BCUT2D eigenvalue weighted by molar-refractivity contribution is 0.926. The zero-order valence-corrected chi connectivity index (χ0v) is 10.2. The third-order valence-corrected chi connectivity index (χ3v) is 3.51. The van der Waals surface area contributed by atoms with E-state index in [1.165, 1.54) is 5.56 Å². The molecule has 0 N–H and O–H groups in total. The molecule has 0 spiro atoms. The van der Waals surface area contributed by atoms with Crippen LogP contribution in [0.2, 0.25) is 10.0 Å². The highest BCUT2D eigenvalue weighted by atomic mass is 35.5. The van der Waals surface area contributed by atoms with Crippen molar-refractivity contribution in [3.8, 4) is 0 Å². The Kier molecular flexibility index (Phi) is 3.62. The summed E-state index contributed by atoms with van der Waals surface area (Å²) < 4.78 is 0. The minimum absolute atomic E-state index is 0.606. The Morgan fingerprint density at radius 1 is 1.13 bits per heavy atom. The lowest BCUT2D eigenvalue weighted by Crippen LogP contribution is -1.91. The van der Waals surface area contributed by atoms with Crippen molar-refractivity contribution in [1.82, 2.24) is 4.98 Å². The molecule has 1 aromatic carbocycles. The van der Waals surface area contributed by atoms with Gasteiger partial charge < -0.3 is 0 Å². The Balaban J connectivity index is 2.02. The van der Waals surface area contributed by atoms with Crippen LogP contribution in [0.4, 0.5) is 0 Å². The van der Waals surface area contributed by atoms with Gasteiger partial charge in [-0.3, -0.25) is 0 Å². The summed E-state index contributed by atoms with van der Waals surface area (Å²) in [6.07, 6.45) is 1.89. The molecule has 1 nitrogen and oxygen atoms in total. The van der Waals surface area contributed by atoms with Crippen LogP contribution in [0, 0.1) is 0 Å². The van der Waals surface area contributed by atoms with Crippen molar-refractivity contribution in [2.45, 2.75) is 12.8 Å². The first-order valence-corrected chi connectivity index (χ1v) is 6.26. The second kappa shape index (κ2) is 4.97. The molecule has 4 heteroatoms. The van der Waals surface area contributed by atoms with E-state index in [4.69, 9.17) is 23.2 Å². The van der Waals surface area contributed by atoms with Crippen molar-refractivity contribution < 1.29 is 0 Å². The normalized spacial score (nSPS) is 10.5. The SMILES string of the molecule is Clc1ccc(CCc2cscn2)cc1Cl. The van der Waals surface area contributed by atoms with Gasteiger partial charge in [0, 0.05) is 5.38 Å². The molecule has 78 valence electrons. The van der Waals surface area contributed by atoms with Crippen LogP contribution < -0.4 is 0 Å². The number of hydrogen-bond donors (Lipinski definition) is 0. The van der Waals surface area contributed by atoms with Gasteiger partial charge in [0.25, 0.3) is 0 Å². The van der Waals surface area contributed by atoms with E-state index in [1.54, 1.807) is 11.3 Å². The quantitative estimate of drug-likeness (QED) is 0.802. The van der Waals surface area contributed by atoms with Crippen LogP contribution in [-0.4, -0.2) is 4.98 Å². The van der Waals surface area contributed by atoms with E-state index in [0.717, 1.165) is 18.5 Å². The van der Waals surface area contributed by atoms with E-state index in [2.05, 4.69) is 10.4 Å². The number of rotatable bonds is 3. The maximum absolute atomic E-state index is 5.93. The van der Waals surface area contributed by atoms with E-state index in [-0.39, 0.29) is 0 Å². The van der Waals surface area contributed by atoms with Crippen molar-refractivity contribution in [1.29, 1.82) is 0 Å². The van der Waals surface area contributed by atoms with Crippen molar-refractivity contribution >= 4 is 34.5 Å². The molecule has 0 unspecified atom stereocenters. The van der Waals surface area contributed by atoms with Crippen LogP contribution >= 0.6 is 34.5 Å². The summed E-state index contributed by atoms with van der Waals surface area (Å²) in [5.41, 5.74) is 4.17. The van der Waals surface area contributed by atoms with Crippen molar-refractivity contribution in [3.05, 3.63) is 50.4 Å². The first kappa shape index (κ1) is 10.9. The molecule has 0 radical (unpaired) electrons. The molecule has 15 heavy (non-hydrogen) atoms. The van der Waals surface area contributed by atoms with Gasteiger partial charge in [-0.2, -0.15) is 0 Å². The molecule has 0 saturated heterocycles. The van der Waals surface area contributed by atoms with Gasteiger partial charge in [-0.05, 0) is 30.5 Å². The van der Waals surface area contributed by atoms with Crippen LogP contribution in [0.25, 0.3) is 0 Å². The third-order valence-electron chi connectivity index (χ3n) is 2.14. The fraction of sp³-hybridized carbons (Fsp3) is 0.182. The van der Waals surface area contributed by atoms with Gasteiger partial charge in [0.1, 0.15) is 0 Å². The van der Waals surface area contributed by atoms with Gasteiger partial charge in [-0.1, -0.05) is 29.3 Å². The zero-order valence-electron chi connectivity index (χ0n) is 7.91. The van der Waals surface area contributed by atoms with Crippen LogP contribution in [-0.2, 0) is 12.8 Å². The maximum Gasteiger partial charge on any atom is 0.0794 e. The smallest absolute Gasteiger partial charge is 0.0794 e. The summed E-state index contributed by atoms with van der Waals surface area (Å²) in [4.78, 5) is 4.23. The monoisotopic (exact) mass is 257 g/mol. The predicted octanol–water partition coefficient (Wildman–Crippen LogP) is 4.24. The highest BCUT2D eigenvalue weighted by Crippen LogP contribution is 2.23. The molecule has 0 atom stereocenters. The highest BCUT2D eigenvalue weighted by Gasteiger charge is 2.01. The van der Waals surface area contributed by atoms with Crippen molar-refractivity contribution in [2.75, 3.05) is 0 Å². The molecule has 1 aromatic heterocycles. The zero-order chi connectivity index (χ0) is 10.7. The number of benzene rings is 1. The topological polar surface area (TPSA) is 12.9 Å². The van der Waals surface area contributed by atoms with E-state index in [1.807, 2.05) is 23.7 Å². The van der Waals surface area contributed by atoms with E-state index in [9.17, 15) is 0 Å². The number of halogens is 2. The van der Waals surface area contributed by atoms with Gasteiger partial charge >= 0.3 is 0 Å². The Morgan fingerprint density at radius 3 is 2.67 bits per heavy atom. The number of aryl methyl sites for hydroxylation is 2. The number of thiazole rings is 1. The predicted molar refractivity (Wildman–Crippen MR) is 66.0 cm³/mol. The Labute approximate surface area is 103 Å². The molecule has 1 heterocycles. The Bertz CT molecular complexity index is 440. The summed E-state index contributed by atoms with van der Waals surface area (Å²) in [6.45, 7) is 0. The molecular weight excluding hydrogens is 249 g/mol. The molecule has 2 aromatic rings. The summed E-state index contributed by atoms with van der Waals surface area (Å²) in [7, 11) is 0. The summed E-state index contributed by atoms with van der Waals surface area (Å²) >= 11 is 13.4. The number of hydrogen-bond acceptors (Lipinski definition) is 2. The highest BCUT2D eigenvalue weighted by molar-refractivity contribution is 7.07. The number of aromatic nitrogens is 1. The van der Waals surface area contributed by atoms with Crippen LogP contribution in [0.15, 0.2) is 29.1 Å². The summed E-state index contributed by atoms with van der Waals surface area (Å²) in [5, 5.41) is 3.29. The van der Waals surface area contributed by atoms with Gasteiger partial charge in [0.05, 0.1) is 21.2 Å². The second-order valence-corrected chi connectivity index (χ2v) is 4.76. The molecule has 0 saturated carbocycles. The van der Waals surface area contributed by atoms with Gasteiger partial charge in [-0.25, -0.2) is 4.98 Å². The molecule has 0 aliphatic rings. The summed E-state index contributed by atoms with van der Waals surface area (Å²) in [6, 6.07) is 5.75. The first-order valence-electron chi connectivity index (χ1n) is 4.56. The van der Waals surface area contributed by atoms with E-state index >= 15 is 0 Å². The molecule has 0 aliphatic carbocycles. The standard InChI is InChI=1S/C11H9Cl2NS/c12-10-4-2-8(5-11(10)13)1-3-9-6-15-7-14-9/h2,4-7H,1,3H2. The Morgan fingerprint density at radius 2 is 2.00 bits per heavy atom. The minimum Gasteiger partial charge on any atom is -0.250 e. The average molecular weight is 258 g/mol. The lowest BCUT2D eigenvalue weighted by atomic mass is 10.1. The first-order chi connectivity index (χ1) is 7.25. The largest absolute Gasteiger partial charge is 0.250 e. The summed E-state index contributed by atoms with van der Waals surface area (Å²) in [5.74, 6) is 0. The lowest BCUT2D eigenvalue weighted by Gasteiger charge is -2.01. The van der Waals surface area contributed by atoms with Crippen molar-refractivity contribution in [3.63, 3.8) is 0 Å². The van der Waals surface area contributed by atoms with Gasteiger partial charge in [0.2, 0.25) is 0 Å². The third kappa shape index (κ3) is 2.94. The molecule has 0 fully saturated rings. The molecule has 0 aliphatic heterocycles. The average Bonchev–Trinajstić information content (AvgIpc) is 2.73. The van der Waals surface area contributed by atoms with E-state index < -0.39 is 0 Å². The van der Waals surface area contributed by atoms with Gasteiger partial charge in [0.15, 0.2) is 0 Å². The van der Waals surface area contributed by atoms with Crippen molar-refractivity contribution in [2.24, 2.45) is 0 Å². The van der Waals surface area contributed by atoms with Crippen LogP contribution in [0.5, 0.6) is 0 Å². The molecular formula is C11H9Cl2NS. The fourth-order valence-electron chi connectivity index (χ4n) is 1.33. The van der Waals surface area contributed by atoms with Gasteiger partial charge in [-0.15, -0.1) is 11.3 Å². The van der Waals surface area contributed by atoms with E-state index in [0.29, 0.717) is 10.0 Å². The number of nitrogens with zero attached hydrogens (tertiary/aromatic N) is 1. The fourth-order valence-corrected chi connectivity index (χ4v) is 2.24. The van der Waals surface area contributed by atoms with Crippen LogP contribution in [0.3, 0.4) is 0 Å².